The SMILES string of the molecule is C=Cc1ccc(-c2ccc(C(=O)OC)c(OC(F)(F)F)c2)cc1. The third-order valence-corrected chi connectivity index (χ3v) is 3.09. The lowest BCUT2D eigenvalue weighted by atomic mass is 10.0. The molecular formula is C17H13F3O3. The van der Waals surface area contributed by atoms with Crippen LogP contribution in [0.1, 0.15) is 15.9 Å². The van der Waals surface area contributed by atoms with Gasteiger partial charge in [-0.25, -0.2) is 4.79 Å². The van der Waals surface area contributed by atoms with Crippen molar-refractivity contribution in [2.24, 2.45) is 0 Å². The number of benzene rings is 2. The molecule has 0 heterocycles. The Kier molecular flexibility index (Phi) is 4.74. The van der Waals surface area contributed by atoms with Gasteiger partial charge < -0.3 is 9.47 Å². The van der Waals surface area contributed by atoms with Gasteiger partial charge >= 0.3 is 12.3 Å². The average Bonchev–Trinajstić information content (AvgIpc) is 2.52. The first kappa shape index (κ1) is 16.6. The van der Waals surface area contributed by atoms with Crippen molar-refractivity contribution in [2.45, 2.75) is 6.36 Å². The second kappa shape index (κ2) is 6.56. The first-order chi connectivity index (χ1) is 10.8. The van der Waals surface area contributed by atoms with Gasteiger partial charge in [0.1, 0.15) is 11.3 Å². The maximum atomic E-state index is 12.5. The minimum atomic E-state index is -4.91. The topological polar surface area (TPSA) is 35.5 Å². The summed E-state index contributed by atoms with van der Waals surface area (Å²) < 4.78 is 46.0. The Balaban J connectivity index is 2.47. The predicted molar refractivity (Wildman–Crippen MR) is 80.0 cm³/mol. The summed E-state index contributed by atoms with van der Waals surface area (Å²) in [7, 11) is 1.08. The lowest BCUT2D eigenvalue weighted by molar-refractivity contribution is -0.274. The Morgan fingerprint density at radius 3 is 2.22 bits per heavy atom. The highest BCUT2D eigenvalue weighted by atomic mass is 19.4. The molecule has 0 atom stereocenters. The molecule has 3 nitrogen and oxygen atoms in total. The third-order valence-electron chi connectivity index (χ3n) is 3.09. The van der Waals surface area contributed by atoms with E-state index in [4.69, 9.17) is 0 Å². The molecule has 0 aromatic heterocycles. The smallest absolute Gasteiger partial charge is 0.465 e. The van der Waals surface area contributed by atoms with E-state index in [1.165, 1.54) is 12.1 Å². The van der Waals surface area contributed by atoms with Crippen molar-refractivity contribution in [3.05, 3.63) is 60.2 Å². The fourth-order valence-corrected chi connectivity index (χ4v) is 2.00. The fourth-order valence-electron chi connectivity index (χ4n) is 2.00. The van der Waals surface area contributed by atoms with E-state index in [1.54, 1.807) is 30.3 Å². The number of carbonyl (C=O) groups is 1. The van der Waals surface area contributed by atoms with Crippen LogP contribution >= 0.6 is 0 Å². The number of halogens is 3. The maximum absolute atomic E-state index is 12.5. The van der Waals surface area contributed by atoms with E-state index in [9.17, 15) is 18.0 Å². The molecule has 0 N–H and O–H groups in total. The number of rotatable bonds is 4. The van der Waals surface area contributed by atoms with Gasteiger partial charge in [0.2, 0.25) is 0 Å². The molecule has 2 rings (SSSR count). The molecule has 0 aliphatic carbocycles. The van der Waals surface area contributed by atoms with E-state index < -0.39 is 18.1 Å². The van der Waals surface area contributed by atoms with Crippen LogP contribution in [-0.2, 0) is 4.74 Å². The standard InChI is InChI=1S/C17H13F3O3/c1-3-11-4-6-12(7-5-11)13-8-9-14(16(21)22-2)15(10-13)23-17(18,19)20/h3-10H,1H2,2H3. The van der Waals surface area contributed by atoms with Crippen LogP contribution < -0.4 is 4.74 Å². The minimum absolute atomic E-state index is 0.295. The normalized spacial score (nSPS) is 11.0. The maximum Gasteiger partial charge on any atom is 0.573 e. The fraction of sp³-hybridized carbons (Fsp3) is 0.118. The second-order valence-electron chi connectivity index (χ2n) is 4.58. The van der Waals surface area contributed by atoms with E-state index in [0.29, 0.717) is 11.1 Å². The number of methoxy groups -OCH3 is 1. The summed E-state index contributed by atoms with van der Waals surface area (Å²) in [5.74, 6) is -1.51. The molecule has 0 aliphatic rings. The van der Waals surface area contributed by atoms with Crippen molar-refractivity contribution in [1.29, 1.82) is 0 Å². The van der Waals surface area contributed by atoms with Gasteiger partial charge in [0.25, 0.3) is 0 Å². The van der Waals surface area contributed by atoms with Gasteiger partial charge in [-0.1, -0.05) is 43.0 Å². The van der Waals surface area contributed by atoms with E-state index in [0.717, 1.165) is 18.7 Å². The molecule has 120 valence electrons. The van der Waals surface area contributed by atoms with Crippen LogP contribution in [0, 0.1) is 0 Å². The summed E-state index contributed by atoms with van der Waals surface area (Å²) in [5.41, 5.74) is 1.74. The summed E-state index contributed by atoms with van der Waals surface area (Å²) in [5, 5.41) is 0. The van der Waals surface area contributed by atoms with Crippen molar-refractivity contribution in [3.8, 4) is 16.9 Å². The molecule has 0 bridgehead atoms. The zero-order chi connectivity index (χ0) is 17.0. The highest BCUT2D eigenvalue weighted by Crippen LogP contribution is 2.32. The highest BCUT2D eigenvalue weighted by molar-refractivity contribution is 5.93. The van der Waals surface area contributed by atoms with E-state index in [2.05, 4.69) is 16.1 Å². The largest absolute Gasteiger partial charge is 0.573 e. The highest BCUT2D eigenvalue weighted by Gasteiger charge is 2.33. The molecular weight excluding hydrogens is 309 g/mol. The summed E-state index contributed by atoms with van der Waals surface area (Å²) in [6.07, 6.45) is -3.25. The number of ether oxygens (including phenoxy) is 2. The van der Waals surface area contributed by atoms with Gasteiger partial charge in [0, 0.05) is 0 Å². The van der Waals surface area contributed by atoms with Gasteiger partial charge in [-0.2, -0.15) is 0 Å². The Morgan fingerprint density at radius 2 is 1.70 bits per heavy atom. The molecule has 0 fully saturated rings. The van der Waals surface area contributed by atoms with Crippen LogP contribution in [-0.4, -0.2) is 19.4 Å². The van der Waals surface area contributed by atoms with Crippen molar-refractivity contribution >= 4 is 12.0 Å². The molecule has 0 amide bonds. The van der Waals surface area contributed by atoms with Gasteiger partial charge in [-0.15, -0.1) is 13.2 Å². The first-order valence-corrected chi connectivity index (χ1v) is 6.55. The van der Waals surface area contributed by atoms with Gasteiger partial charge in [-0.05, 0) is 28.8 Å². The molecule has 6 heteroatoms. The molecule has 0 saturated heterocycles. The predicted octanol–water partition coefficient (Wildman–Crippen LogP) is 4.68. The Labute approximate surface area is 131 Å². The van der Waals surface area contributed by atoms with Gasteiger partial charge in [0.05, 0.1) is 7.11 Å². The zero-order valence-corrected chi connectivity index (χ0v) is 12.2. The van der Waals surface area contributed by atoms with E-state index in [-0.39, 0.29) is 5.56 Å². The second-order valence-corrected chi connectivity index (χ2v) is 4.58. The summed E-state index contributed by atoms with van der Waals surface area (Å²) >= 11 is 0. The number of esters is 1. The van der Waals surface area contributed by atoms with Gasteiger partial charge in [0.15, 0.2) is 0 Å². The molecule has 0 aliphatic heterocycles. The molecule has 2 aromatic rings. The Hall–Kier alpha value is -2.76. The summed E-state index contributed by atoms with van der Waals surface area (Å²) in [6, 6.07) is 11.0. The minimum Gasteiger partial charge on any atom is -0.465 e. The monoisotopic (exact) mass is 322 g/mol. The Morgan fingerprint density at radius 1 is 1.09 bits per heavy atom. The molecule has 0 radical (unpaired) electrons. The molecule has 0 saturated carbocycles. The van der Waals surface area contributed by atoms with Gasteiger partial charge in [-0.3, -0.25) is 0 Å². The molecule has 23 heavy (non-hydrogen) atoms. The van der Waals surface area contributed by atoms with Crippen molar-refractivity contribution in [2.75, 3.05) is 7.11 Å². The van der Waals surface area contributed by atoms with Crippen molar-refractivity contribution in [3.63, 3.8) is 0 Å². The summed E-state index contributed by atoms with van der Waals surface area (Å²) in [6.45, 7) is 3.63. The van der Waals surface area contributed by atoms with Crippen LogP contribution in [0.15, 0.2) is 49.0 Å². The summed E-state index contributed by atoms with van der Waals surface area (Å²) in [4.78, 5) is 11.6. The number of hydrogen-bond acceptors (Lipinski definition) is 3. The first-order valence-electron chi connectivity index (χ1n) is 6.55. The van der Waals surface area contributed by atoms with Crippen LogP contribution in [0.25, 0.3) is 17.2 Å². The average molecular weight is 322 g/mol. The van der Waals surface area contributed by atoms with Crippen LogP contribution in [0.4, 0.5) is 13.2 Å². The molecule has 0 unspecified atom stereocenters. The Bertz CT molecular complexity index is 719. The lowest BCUT2D eigenvalue weighted by Gasteiger charge is -2.14. The quantitative estimate of drug-likeness (QED) is 0.767. The number of carbonyl (C=O) groups excluding carboxylic acids is 1. The zero-order valence-electron chi connectivity index (χ0n) is 12.2. The van der Waals surface area contributed by atoms with Crippen molar-refractivity contribution in [1.82, 2.24) is 0 Å². The number of alkyl halides is 3. The molecule has 0 spiro atoms. The van der Waals surface area contributed by atoms with E-state index >= 15 is 0 Å². The number of hydrogen-bond donors (Lipinski definition) is 0. The van der Waals surface area contributed by atoms with Crippen LogP contribution in [0.5, 0.6) is 5.75 Å². The van der Waals surface area contributed by atoms with Crippen LogP contribution in [0.2, 0.25) is 0 Å². The lowest BCUT2D eigenvalue weighted by Crippen LogP contribution is -2.19. The van der Waals surface area contributed by atoms with Crippen LogP contribution in [0.3, 0.4) is 0 Å². The molecule has 2 aromatic carbocycles. The van der Waals surface area contributed by atoms with Crippen molar-refractivity contribution < 1.29 is 27.4 Å². The third kappa shape index (κ3) is 4.12. The van der Waals surface area contributed by atoms with E-state index in [1.807, 2.05) is 0 Å².